The Balaban J connectivity index is 1.99. The van der Waals surface area contributed by atoms with Crippen LogP contribution in [-0.2, 0) is 9.53 Å². The van der Waals surface area contributed by atoms with Crippen molar-refractivity contribution < 1.29 is 19.4 Å². The first-order valence-corrected chi connectivity index (χ1v) is 13.4. The number of ether oxygens (including phenoxy) is 2. The number of halogens is 3. The minimum Gasteiger partial charge on any atom is -0.506 e. The number of esters is 1. The van der Waals surface area contributed by atoms with Crippen LogP contribution < -0.4 is 19.6 Å². The predicted molar refractivity (Wildman–Crippen MR) is 147 cm³/mol. The fourth-order valence-corrected chi connectivity index (χ4v) is 6.45. The van der Waals surface area contributed by atoms with Gasteiger partial charge in [-0.25, -0.2) is 9.79 Å². The van der Waals surface area contributed by atoms with Crippen molar-refractivity contribution in [1.82, 2.24) is 4.57 Å². The van der Waals surface area contributed by atoms with Crippen molar-refractivity contribution in [2.75, 3.05) is 13.7 Å². The second-order valence-corrected chi connectivity index (χ2v) is 11.0. The minimum atomic E-state index is -0.761. The largest absolute Gasteiger partial charge is 0.506 e. The number of aromatic hydroxyl groups is 1. The normalized spacial score (nSPS) is 15.6. The van der Waals surface area contributed by atoms with Gasteiger partial charge in [0, 0.05) is 10.6 Å². The van der Waals surface area contributed by atoms with Crippen LogP contribution in [0.4, 0.5) is 0 Å². The number of benzene rings is 2. The third-order valence-electron chi connectivity index (χ3n) is 5.35. The van der Waals surface area contributed by atoms with E-state index in [1.807, 2.05) is 28.7 Å². The molecule has 0 radical (unpaired) electrons. The summed E-state index contributed by atoms with van der Waals surface area (Å²) < 4.78 is 13.7. The molecule has 0 spiro atoms. The van der Waals surface area contributed by atoms with Crippen LogP contribution in [0.15, 0.2) is 55.9 Å². The zero-order valence-electron chi connectivity index (χ0n) is 18.8. The van der Waals surface area contributed by atoms with Gasteiger partial charge in [0.05, 0.1) is 43.6 Å². The van der Waals surface area contributed by atoms with E-state index in [4.69, 9.17) is 21.1 Å². The van der Waals surface area contributed by atoms with Crippen molar-refractivity contribution in [2.45, 2.75) is 19.9 Å². The lowest BCUT2D eigenvalue weighted by atomic mass is 9.96. The third kappa shape index (κ3) is 4.93. The number of phenolic OH excluding ortho intramolecular Hbond substituents is 1. The zero-order chi connectivity index (χ0) is 25.4. The maximum atomic E-state index is 13.7. The summed E-state index contributed by atoms with van der Waals surface area (Å²) in [5.41, 5.74) is 1.49. The molecule has 2 aromatic carbocycles. The summed E-state index contributed by atoms with van der Waals surface area (Å²) in [6, 6.07) is 7.83. The van der Waals surface area contributed by atoms with Gasteiger partial charge in [-0.15, -0.1) is 0 Å². The highest BCUT2D eigenvalue weighted by Gasteiger charge is 2.33. The Morgan fingerprint density at radius 1 is 1.37 bits per heavy atom. The molecule has 1 N–H and O–H groups in total. The molecular formula is C24H19BrClIN2O5S. The lowest BCUT2D eigenvalue weighted by Crippen LogP contribution is -2.40. The predicted octanol–water partition coefficient (Wildman–Crippen LogP) is 4.53. The molecule has 4 rings (SSSR count). The van der Waals surface area contributed by atoms with Gasteiger partial charge in [-0.2, -0.15) is 0 Å². The molecule has 0 saturated heterocycles. The molecule has 0 fully saturated rings. The lowest BCUT2D eigenvalue weighted by molar-refractivity contribution is -0.139. The quantitative estimate of drug-likeness (QED) is 0.314. The van der Waals surface area contributed by atoms with Gasteiger partial charge in [0.15, 0.2) is 4.80 Å². The third-order valence-corrected chi connectivity index (χ3v) is 8.00. The summed E-state index contributed by atoms with van der Waals surface area (Å²) in [5, 5.41) is 10.9. The van der Waals surface area contributed by atoms with Crippen molar-refractivity contribution in [3.63, 3.8) is 0 Å². The molecular weight excluding hydrogens is 671 g/mol. The number of phenols is 1. The second-order valence-electron chi connectivity index (χ2n) is 7.52. The number of aromatic nitrogens is 1. The van der Waals surface area contributed by atoms with E-state index in [-0.39, 0.29) is 23.5 Å². The molecule has 0 aliphatic carbocycles. The van der Waals surface area contributed by atoms with E-state index in [0.717, 1.165) is 0 Å². The molecule has 0 bridgehead atoms. The average Bonchev–Trinajstić information content (AvgIpc) is 3.10. The maximum absolute atomic E-state index is 13.7. The van der Waals surface area contributed by atoms with Crippen LogP contribution >= 0.6 is 61.5 Å². The molecule has 1 aromatic heterocycles. The molecule has 7 nitrogen and oxygen atoms in total. The molecule has 0 amide bonds. The van der Waals surface area contributed by atoms with Gasteiger partial charge < -0.3 is 14.6 Å². The smallest absolute Gasteiger partial charge is 0.338 e. The Kier molecular flexibility index (Phi) is 7.74. The van der Waals surface area contributed by atoms with Gasteiger partial charge in [0.2, 0.25) is 0 Å². The van der Waals surface area contributed by atoms with Gasteiger partial charge in [-0.1, -0.05) is 29.0 Å². The number of hydrogen-bond donors (Lipinski definition) is 1. The molecule has 1 aliphatic heterocycles. The number of nitrogens with zero attached hydrogens (tertiary/aromatic N) is 2. The summed E-state index contributed by atoms with van der Waals surface area (Å²) in [5.74, 6) is 0.104. The molecule has 1 atom stereocenters. The molecule has 0 saturated carbocycles. The summed E-state index contributed by atoms with van der Waals surface area (Å²) in [7, 11) is 1.56. The minimum absolute atomic E-state index is 0.0277. The van der Waals surface area contributed by atoms with Crippen molar-refractivity contribution in [1.29, 1.82) is 0 Å². The van der Waals surface area contributed by atoms with Crippen molar-refractivity contribution in [3.05, 3.63) is 85.5 Å². The van der Waals surface area contributed by atoms with E-state index in [9.17, 15) is 14.7 Å². The van der Waals surface area contributed by atoms with E-state index < -0.39 is 12.0 Å². The standard InChI is InChI=1S/C24H19BrClIN2O5S/c1-4-34-23(32)19-11(2)28-24-29(20(19)12-5-6-17(33-3)15(25)8-12)22(31)18(35-24)9-13-7-14(26)10-16(27)21(13)30/h5-10,20,30H,4H2,1-3H3/b18-9+/t20-/m1/s1. The Morgan fingerprint density at radius 2 is 2.11 bits per heavy atom. The second kappa shape index (κ2) is 10.5. The van der Waals surface area contributed by atoms with Crippen molar-refractivity contribution in [3.8, 4) is 11.5 Å². The van der Waals surface area contributed by atoms with Crippen LogP contribution in [0.3, 0.4) is 0 Å². The van der Waals surface area contributed by atoms with Crippen LogP contribution in [0, 0.1) is 3.57 Å². The van der Waals surface area contributed by atoms with Crippen LogP contribution in [0.1, 0.15) is 31.0 Å². The molecule has 11 heteroatoms. The van der Waals surface area contributed by atoms with Gasteiger partial charge in [0.1, 0.15) is 11.5 Å². The number of allylic oxidation sites excluding steroid dienone is 1. The Hall–Kier alpha value is -2.15. The van der Waals surface area contributed by atoms with Gasteiger partial charge in [-0.05, 0) is 88.3 Å². The molecule has 3 aromatic rings. The number of carbonyl (C=O) groups is 1. The van der Waals surface area contributed by atoms with E-state index in [1.54, 1.807) is 51.3 Å². The molecule has 182 valence electrons. The van der Waals surface area contributed by atoms with Crippen LogP contribution in [0.5, 0.6) is 11.5 Å². The summed E-state index contributed by atoms with van der Waals surface area (Å²) in [6.45, 7) is 3.63. The zero-order valence-corrected chi connectivity index (χ0v) is 24.1. The lowest BCUT2D eigenvalue weighted by Gasteiger charge is -2.25. The van der Waals surface area contributed by atoms with Gasteiger partial charge >= 0.3 is 5.97 Å². The fourth-order valence-electron chi connectivity index (χ4n) is 3.80. The van der Waals surface area contributed by atoms with Gasteiger partial charge in [0.25, 0.3) is 5.56 Å². The Morgan fingerprint density at radius 3 is 2.77 bits per heavy atom. The van der Waals surface area contributed by atoms with Gasteiger partial charge in [-0.3, -0.25) is 9.36 Å². The first-order valence-electron chi connectivity index (χ1n) is 10.4. The van der Waals surface area contributed by atoms with E-state index >= 15 is 0 Å². The summed E-state index contributed by atoms with van der Waals surface area (Å²) >= 11 is 12.8. The monoisotopic (exact) mass is 688 g/mol. The van der Waals surface area contributed by atoms with E-state index in [0.29, 0.717) is 45.0 Å². The summed E-state index contributed by atoms with van der Waals surface area (Å²) in [4.78, 5) is 31.7. The number of thiazole rings is 1. The van der Waals surface area contributed by atoms with Crippen LogP contribution in [0.2, 0.25) is 5.02 Å². The van der Waals surface area contributed by atoms with Crippen LogP contribution in [-0.4, -0.2) is 29.4 Å². The maximum Gasteiger partial charge on any atom is 0.338 e. The Labute approximate surface area is 231 Å². The first kappa shape index (κ1) is 25.9. The van der Waals surface area contributed by atoms with Crippen molar-refractivity contribution in [2.24, 2.45) is 4.99 Å². The SMILES string of the molecule is CCOC(=O)C1=C(C)N=c2s/c(=C/c3cc(Cl)cc(I)c3O)c(=O)n2[C@@H]1c1ccc(OC)c(Br)c1. The van der Waals surface area contributed by atoms with Crippen molar-refractivity contribution >= 4 is 73.5 Å². The molecule has 35 heavy (non-hydrogen) atoms. The highest BCUT2D eigenvalue weighted by Crippen LogP contribution is 2.35. The van der Waals surface area contributed by atoms with Crippen LogP contribution in [0.25, 0.3) is 6.08 Å². The summed E-state index contributed by atoms with van der Waals surface area (Å²) in [6.07, 6.45) is 1.58. The fraction of sp³-hybridized carbons (Fsp3) is 0.208. The Bertz CT molecular complexity index is 1560. The van der Waals surface area contributed by atoms with E-state index in [2.05, 4.69) is 20.9 Å². The number of hydrogen-bond acceptors (Lipinski definition) is 7. The number of rotatable bonds is 5. The highest BCUT2D eigenvalue weighted by molar-refractivity contribution is 14.1. The highest BCUT2D eigenvalue weighted by atomic mass is 127. The average molecular weight is 690 g/mol. The molecule has 0 unspecified atom stereocenters. The number of methoxy groups -OCH3 is 1. The van der Waals surface area contributed by atoms with E-state index in [1.165, 1.54) is 15.9 Å². The topological polar surface area (TPSA) is 90.1 Å². The number of fused-ring (bicyclic) bond motifs is 1. The molecule has 1 aliphatic rings. The number of carbonyl (C=O) groups excluding carboxylic acids is 1. The molecule has 2 heterocycles. The first-order chi connectivity index (χ1) is 16.7.